The van der Waals surface area contributed by atoms with E-state index in [0.29, 0.717) is 35.0 Å². The van der Waals surface area contributed by atoms with Crippen molar-refractivity contribution < 1.29 is 4.39 Å². The minimum Gasteiger partial charge on any atom is -0.343 e. The molecule has 1 aromatic carbocycles. The van der Waals surface area contributed by atoms with Crippen molar-refractivity contribution in [3.63, 3.8) is 0 Å². The second-order valence-electron chi connectivity index (χ2n) is 4.46. The van der Waals surface area contributed by atoms with Crippen LogP contribution in [0, 0.1) is 18.2 Å². The Kier molecular flexibility index (Phi) is 4.17. The number of aromatic nitrogens is 4. The van der Waals surface area contributed by atoms with Crippen LogP contribution in [0.15, 0.2) is 30.7 Å². The van der Waals surface area contributed by atoms with Gasteiger partial charge in [-0.2, -0.15) is 0 Å². The van der Waals surface area contributed by atoms with E-state index in [2.05, 4.69) is 36.5 Å². The number of hydrogen-bond acceptors (Lipinski definition) is 6. The van der Waals surface area contributed by atoms with Gasteiger partial charge < -0.3 is 10.6 Å². The summed E-state index contributed by atoms with van der Waals surface area (Å²) in [5.41, 5.74) is 1.64. The maximum absolute atomic E-state index is 13.2. The lowest BCUT2D eigenvalue weighted by Gasteiger charge is -2.09. The number of nitrogens with zero attached hydrogens (tertiary/aromatic N) is 4. The lowest BCUT2D eigenvalue weighted by Crippen LogP contribution is -2.05. The van der Waals surface area contributed by atoms with Crippen LogP contribution in [0.3, 0.4) is 0 Å². The molecule has 6 nitrogen and oxygen atoms in total. The molecule has 0 saturated carbocycles. The van der Waals surface area contributed by atoms with E-state index in [0.717, 1.165) is 0 Å². The molecular formula is C15H10ClFN6. The third kappa shape index (κ3) is 3.27. The van der Waals surface area contributed by atoms with E-state index in [4.69, 9.17) is 18.0 Å². The van der Waals surface area contributed by atoms with Crippen LogP contribution in [0.1, 0.15) is 0 Å². The van der Waals surface area contributed by atoms with Gasteiger partial charge in [-0.25, -0.2) is 24.3 Å². The number of halogens is 2. The molecule has 2 N–H and O–H groups in total. The summed E-state index contributed by atoms with van der Waals surface area (Å²) in [5.74, 6) is 2.76. The van der Waals surface area contributed by atoms with Gasteiger partial charge in [0, 0.05) is 5.69 Å². The molecule has 0 unspecified atom stereocenters. The Labute approximate surface area is 136 Å². The zero-order chi connectivity index (χ0) is 16.2. The molecular weight excluding hydrogens is 319 g/mol. The number of rotatable bonds is 4. The molecule has 0 aliphatic rings. The number of fused-ring (bicyclic) bond motifs is 1. The average Bonchev–Trinajstić information content (AvgIpc) is 2.56. The topological polar surface area (TPSA) is 75.6 Å². The first-order valence-electron chi connectivity index (χ1n) is 6.54. The predicted molar refractivity (Wildman–Crippen MR) is 87.1 cm³/mol. The van der Waals surface area contributed by atoms with Crippen molar-refractivity contribution in [3.8, 4) is 12.3 Å². The number of anilines is 3. The second-order valence-corrected chi connectivity index (χ2v) is 4.87. The molecule has 0 atom stereocenters. The summed E-state index contributed by atoms with van der Waals surface area (Å²) in [6.07, 6.45) is 8.14. The smallest absolute Gasteiger partial charge is 0.224 e. The van der Waals surface area contributed by atoms with Gasteiger partial charge in [-0.15, -0.1) is 6.42 Å². The van der Waals surface area contributed by atoms with Gasteiger partial charge in [0.2, 0.25) is 5.95 Å². The Morgan fingerprint density at radius 3 is 2.91 bits per heavy atom. The Balaban J connectivity index is 1.98. The van der Waals surface area contributed by atoms with Crippen molar-refractivity contribution in [3.05, 3.63) is 41.6 Å². The quantitative estimate of drug-likeness (QED) is 0.717. The fourth-order valence-electron chi connectivity index (χ4n) is 1.87. The van der Waals surface area contributed by atoms with Gasteiger partial charge in [0.15, 0.2) is 5.82 Å². The monoisotopic (exact) mass is 328 g/mol. The largest absolute Gasteiger partial charge is 0.343 e. The van der Waals surface area contributed by atoms with Gasteiger partial charge >= 0.3 is 0 Å². The molecule has 0 amide bonds. The van der Waals surface area contributed by atoms with E-state index in [1.165, 1.54) is 18.5 Å². The van der Waals surface area contributed by atoms with Crippen LogP contribution in [-0.2, 0) is 0 Å². The molecule has 0 saturated heterocycles. The Morgan fingerprint density at radius 2 is 2.13 bits per heavy atom. The van der Waals surface area contributed by atoms with Crippen molar-refractivity contribution in [1.29, 1.82) is 0 Å². The van der Waals surface area contributed by atoms with Gasteiger partial charge in [-0.1, -0.05) is 17.5 Å². The minimum atomic E-state index is -0.493. The van der Waals surface area contributed by atoms with Gasteiger partial charge in [0.25, 0.3) is 0 Å². The molecule has 3 rings (SSSR count). The highest BCUT2D eigenvalue weighted by molar-refractivity contribution is 6.31. The molecule has 23 heavy (non-hydrogen) atoms. The molecule has 2 heterocycles. The van der Waals surface area contributed by atoms with Crippen molar-refractivity contribution in [2.45, 2.75) is 0 Å². The van der Waals surface area contributed by atoms with Crippen molar-refractivity contribution in [1.82, 2.24) is 19.9 Å². The summed E-state index contributed by atoms with van der Waals surface area (Å²) in [7, 11) is 0. The van der Waals surface area contributed by atoms with Crippen molar-refractivity contribution >= 4 is 40.1 Å². The highest BCUT2D eigenvalue weighted by atomic mass is 35.5. The van der Waals surface area contributed by atoms with Crippen LogP contribution in [0.2, 0.25) is 5.02 Å². The highest BCUT2D eigenvalue weighted by Crippen LogP contribution is 2.25. The van der Waals surface area contributed by atoms with Crippen LogP contribution < -0.4 is 10.6 Å². The first-order chi connectivity index (χ1) is 11.2. The normalized spacial score (nSPS) is 10.3. The van der Waals surface area contributed by atoms with Crippen molar-refractivity contribution in [2.24, 2.45) is 0 Å². The molecule has 0 bridgehead atoms. The van der Waals surface area contributed by atoms with Crippen molar-refractivity contribution in [2.75, 3.05) is 17.2 Å². The summed E-state index contributed by atoms with van der Waals surface area (Å²) in [4.78, 5) is 16.7. The number of terminal acetylenes is 1. The summed E-state index contributed by atoms with van der Waals surface area (Å²) < 4.78 is 13.2. The third-order valence-corrected chi connectivity index (χ3v) is 3.20. The Bertz CT molecular complexity index is 908. The van der Waals surface area contributed by atoms with Crippen LogP contribution in [0.4, 0.5) is 21.8 Å². The molecule has 0 aliphatic heterocycles. The Morgan fingerprint density at radius 1 is 1.26 bits per heavy atom. The molecule has 0 aliphatic carbocycles. The highest BCUT2D eigenvalue weighted by Gasteiger charge is 2.09. The molecule has 114 valence electrons. The van der Waals surface area contributed by atoms with Gasteiger partial charge in [-0.05, 0) is 18.2 Å². The van der Waals surface area contributed by atoms with E-state index in [9.17, 15) is 4.39 Å². The summed E-state index contributed by atoms with van der Waals surface area (Å²) in [5, 5.41) is 5.93. The lowest BCUT2D eigenvalue weighted by molar-refractivity contribution is 0.628. The van der Waals surface area contributed by atoms with Crippen LogP contribution in [-0.4, -0.2) is 26.5 Å². The van der Waals surface area contributed by atoms with E-state index in [-0.39, 0.29) is 5.02 Å². The second kappa shape index (κ2) is 6.42. The maximum atomic E-state index is 13.2. The van der Waals surface area contributed by atoms with Gasteiger partial charge in [0.1, 0.15) is 23.2 Å². The van der Waals surface area contributed by atoms with Crippen LogP contribution in [0.5, 0.6) is 0 Å². The fourth-order valence-corrected chi connectivity index (χ4v) is 2.05. The standard InChI is InChI=1S/C15H10ClFN6/c1-2-5-18-15-19-7-12-13(23-15)14(21-8-20-12)22-9-3-4-11(17)10(16)6-9/h1,3-4,6-8H,5H2,(H,18,19,23)(H,20,21,22). The molecule has 8 heteroatoms. The van der Waals surface area contributed by atoms with Crippen LogP contribution in [0.25, 0.3) is 11.0 Å². The maximum Gasteiger partial charge on any atom is 0.224 e. The molecule has 0 fully saturated rings. The molecule has 0 spiro atoms. The molecule has 0 radical (unpaired) electrons. The number of hydrogen-bond donors (Lipinski definition) is 2. The fraction of sp³-hybridized carbons (Fsp3) is 0.0667. The first-order valence-corrected chi connectivity index (χ1v) is 6.92. The van der Waals surface area contributed by atoms with Crippen LogP contribution >= 0.6 is 11.6 Å². The summed E-state index contributed by atoms with van der Waals surface area (Å²) in [6, 6.07) is 4.28. The molecule has 3 aromatic rings. The van der Waals surface area contributed by atoms with E-state index in [1.807, 2.05) is 0 Å². The zero-order valence-electron chi connectivity index (χ0n) is 11.7. The SMILES string of the molecule is C#CCNc1ncc2ncnc(Nc3ccc(F)c(Cl)c3)c2n1. The third-order valence-electron chi connectivity index (χ3n) is 2.91. The first kappa shape index (κ1) is 14.9. The number of nitrogens with one attached hydrogen (secondary N) is 2. The zero-order valence-corrected chi connectivity index (χ0v) is 12.5. The average molecular weight is 329 g/mol. The minimum absolute atomic E-state index is 0.0133. The van der Waals surface area contributed by atoms with E-state index >= 15 is 0 Å². The summed E-state index contributed by atoms with van der Waals surface area (Å²) in [6.45, 7) is 0.301. The Hall–Kier alpha value is -2.98. The number of benzene rings is 1. The van der Waals surface area contributed by atoms with Gasteiger partial charge in [-0.3, -0.25) is 0 Å². The van der Waals surface area contributed by atoms with Gasteiger partial charge in [0.05, 0.1) is 17.8 Å². The van der Waals surface area contributed by atoms with E-state index < -0.39 is 5.82 Å². The predicted octanol–water partition coefficient (Wildman–Crippen LogP) is 3.00. The van der Waals surface area contributed by atoms with E-state index in [1.54, 1.807) is 12.3 Å². The lowest BCUT2D eigenvalue weighted by atomic mass is 10.3. The summed E-state index contributed by atoms with van der Waals surface area (Å²) >= 11 is 5.78. The molecule has 2 aromatic heterocycles.